The second kappa shape index (κ2) is 8.86. The van der Waals surface area contributed by atoms with Crippen LogP contribution >= 0.6 is 11.3 Å². The maximum Gasteiger partial charge on any atom is 0.223 e. The summed E-state index contributed by atoms with van der Waals surface area (Å²) in [7, 11) is 0. The minimum Gasteiger partial charge on any atom is -0.356 e. The molecule has 1 amide bonds. The summed E-state index contributed by atoms with van der Waals surface area (Å²) in [4.78, 5) is 24.7. The molecule has 1 aliphatic heterocycles. The van der Waals surface area contributed by atoms with E-state index in [1.807, 2.05) is 53.9 Å². The van der Waals surface area contributed by atoms with Crippen molar-refractivity contribution in [1.82, 2.24) is 15.3 Å². The first-order chi connectivity index (χ1) is 15.3. The second-order valence-corrected chi connectivity index (χ2v) is 8.64. The van der Waals surface area contributed by atoms with Crippen LogP contribution in [0.15, 0.2) is 71.4 Å². The molecule has 4 aromatic rings. The third-order valence-electron chi connectivity index (χ3n) is 5.84. The number of carbonyl (C=O) groups is 1. The lowest BCUT2D eigenvalue weighted by atomic mass is 9.95. The number of hydrogen-bond acceptors (Lipinski definition) is 5. The van der Waals surface area contributed by atoms with Gasteiger partial charge in [0.1, 0.15) is 5.82 Å². The lowest BCUT2D eigenvalue weighted by Crippen LogP contribution is -2.40. The van der Waals surface area contributed by atoms with Crippen LogP contribution in [0.5, 0.6) is 0 Å². The summed E-state index contributed by atoms with van der Waals surface area (Å²) in [5.41, 5.74) is 3.13. The highest BCUT2D eigenvalue weighted by molar-refractivity contribution is 7.08. The number of nitrogens with one attached hydrogen (secondary N) is 1. The van der Waals surface area contributed by atoms with E-state index in [0.29, 0.717) is 6.54 Å². The van der Waals surface area contributed by atoms with Crippen molar-refractivity contribution in [2.75, 3.05) is 18.0 Å². The fourth-order valence-electron chi connectivity index (χ4n) is 4.10. The Morgan fingerprint density at radius 3 is 2.55 bits per heavy atom. The molecule has 0 radical (unpaired) electrons. The number of rotatable bonds is 5. The predicted molar refractivity (Wildman–Crippen MR) is 126 cm³/mol. The van der Waals surface area contributed by atoms with E-state index in [-0.39, 0.29) is 11.8 Å². The number of thiophene rings is 1. The van der Waals surface area contributed by atoms with E-state index in [1.54, 1.807) is 11.3 Å². The summed E-state index contributed by atoms with van der Waals surface area (Å²) >= 11 is 1.65. The van der Waals surface area contributed by atoms with E-state index in [4.69, 9.17) is 9.97 Å². The SMILES string of the molecule is O=C(NCc1ccccc1)C1CCN(c2nc(-c3ccsc3)nc3ccccc23)CC1. The van der Waals surface area contributed by atoms with Gasteiger partial charge in [0.05, 0.1) is 5.52 Å². The highest BCUT2D eigenvalue weighted by Gasteiger charge is 2.27. The molecular weight excluding hydrogens is 404 g/mol. The summed E-state index contributed by atoms with van der Waals surface area (Å²) in [6.07, 6.45) is 1.65. The van der Waals surface area contributed by atoms with Crippen LogP contribution in [0.2, 0.25) is 0 Å². The Hall–Kier alpha value is -3.25. The number of piperidine rings is 1. The highest BCUT2D eigenvalue weighted by Crippen LogP contribution is 2.31. The number of fused-ring (bicyclic) bond motifs is 1. The van der Waals surface area contributed by atoms with Gasteiger partial charge in [0.25, 0.3) is 0 Å². The van der Waals surface area contributed by atoms with Crippen LogP contribution in [-0.2, 0) is 11.3 Å². The molecule has 0 unspecified atom stereocenters. The molecule has 5 rings (SSSR count). The first-order valence-corrected chi connectivity index (χ1v) is 11.6. The van der Waals surface area contributed by atoms with Crippen molar-refractivity contribution in [2.24, 2.45) is 5.92 Å². The maximum absolute atomic E-state index is 12.7. The predicted octanol–water partition coefficient (Wildman–Crippen LogP) is 4.89. The summed E-state index contributed by atoms with van der Waals surface area (Å²) in [5.74, 6) is 1.92. The first-order valence-electron chi connectivity index (χ1n) is 10.6. The van der Waals surface area contributed by atoms with Crippen molar-refractivity contribution in [3.8, 4) is 11.4 Å². The number of hydrogen-bond donors (Lipinski definition) is 1. The standard InChI is InChI=1S/C25H24N4OS/c30-25(26-16-18-6-2-1-3-7-18)19-10-13-29(14-11-19)24-21-8-4-5-9-22(21)27-23(28-24)20-12-15-31-17-20/h1-9,12,15,17,19H,10-11,13-14,16H2,(H,26,30). The van der Waals surface area contributed by atoms with E-state index < -0.39 is 0 Å². The van der Waals surface area contributed by atoms with Crippen LogP contribution in [0.4, 0.5) is 5.82 Å². The number of para-hydroxylation sites is 1. The Labute approximate surface area is 185 Å². The van der Waals surface area contributed by atoms with Crippen LogP contribution in [-0.4, -0.2) is 29.0 Å². The molecule has 6 heteroatoms. The molecule has 1 saturated heterocycles. The average molecular weight is 429 g/mol. The molecule has 3 heterocycles. The van der Waals surface area contributed by atoms with Crippen LogP contribution < -0.4 is 10.2 Å². The van der Waals surface area contributed by atoms with Gasteiger partial charge in [-0.2, -0.15) is 11.3 Å². The van der Waals surface area contributed by atoms with Crippen LogP contribution in [0.3, 0.4) is 0 Å². The monoisotopic (exact) mass is 428 g/mol. The molecule has 0 aliphatic carbocycles. The van der Waals surface area contributed by atoms with Crippen LogP contribution in [0.1, 0.15) is 18.4 Å². The summed E-state index contributed by atoms with van der Waals surface area (Å²) in [6.45, 7) is 2.21. The first kappa shape index (κ1) is 19.7. The molecule has 31 heavy (non-hydrogen) atoms. The van der Waals surface area contributed by atoms with Crippen molar-refractivity contribution < 1.29 is 4.79 Å². The third-order valence-corrected chi connectivity index (χ3v) is 6.52. The Morgan fingerprint density at radius 2 is 1.77 bits per heavy atom. The van der Waals surface area contributed by atoms with Gasteiger partial charge >= 0.3 is 0 Å². The maximum atomic E-state index is 12.7. The molecule has 5 nitrogen and oxygen atoms in total. The van der Waals surface area contributed by atoms with Gasteiger partial charge in [0.2, 0.25) is 5.91 Å². The van der Waals surface area contributed by atoms with Gasteiger partial charge in [-0.25, -0.2) is 9.97 Å². The Bertz CT molecular complexity index is 1170. The fraction of sp³-hybridized carbons (Fsp3) is 0.240. The number of nitrogens with zero attached hydrogens (tertiary/aromatic N) is 3. The van der Waals surface area contributed by atoms with E-state index in [2.05, 4.69) is 27.7 Å². The second-order valence-electron chi connectivity index (χ2n) is 7.86. The van der Waals surface area contributed by atoms with E-state index in [9.17, 15) is 4.79 Å². The zero-order chi connectivity index (χ0) is 21.0. The Kier molecular flexibility index (Phi) is 5.63. The zero-order valence-corrected chi connectivity index (χ0v) is 18.0. The summed E-state index contributed by atoms with van der Waals surface area (Å²) in [5, 5.41) is 8.29. The molecule has 1 aliphatic rings. The smallest absolute Gasteiger partial charge is 0.223 e. The van der Waals surface area contributed by atoms with Gasteiger partial charge < -0.3 is 10.2 Å². The summed E-state index contributed by atoms with van der Waals surface area (Å²) < 4.78 is 0. The van der Waals surface area contributed by atoms with Crippen molar-refractivity contribution in [1.29, 1.82) is 0 Å². The molecule has 1 N–H and O–H groups in total. The lowest BCUT2D eigenvalue weighted by molar-refractivity contribution is -0.125. The fourth-order valence-corrected chi connectivity index (χ4v) is 4.74. The van der Waals surface area contributed by atoms with E-state index in [0.717, 1.165) is 59.6 Å². The quantitative estimate of drug-likeness (QED) is 0.492. The average Bonchev–Trinajstić information content (AvgIpc) is 3.38. The molecule has 0 spiro atoms. The topological polar surface area (TPSA) is 58.1 Å². The van der Waals surface area contributed by atoms with Gasteiger partial charge in [-0.1, -0.05) is 42.5 Å². The molecule has 0 saturated carbocycles. The van der Waals surface area contributed by atoms with Crippen LogP contribution in [0.25, 0.3) is 22.3 Å². The Balaban J connectivity index is 1.30. The van der Waals surface area contributed by atoms with Crippen molar-refractivity contribution >= 4 is 34.0 Å². The normalized spacial score (nSPS) is 14.6. The van der Waals surface area contributed by atoms with Crippen molar-refractivity contribution in [3.05, 3.63) is 77.0 Å². The van der Waals surface area contributed by atoms with E-state index >= 15 is 0 Å². The van der Waals surface area contributed by atoms with Gasteiger partial charge in [0, 0.05) is 41.9 Å². The minimum absolute atomic E-state index is 0.0457. The van der Waals surface area contributed by atoms with E-state index in [1.165, 1.54) is 0 Å². The molecule has 0 bridgehead atoms. The van der Waals surface area contributed by atoms with Crippen LogP contribution in [0, 0.1) is 5.92 Å². The number of amides is 1. The molecule has 1 fully saturated rings. The lowest BCUT2D eigenvalue weighted by Gasteiger charge is -2.33. The molecule has 0 atom stereocenters. The number of benzene rings is 2. The van der Waals surface area contributed by atoms with Gasteiger partial charge in [-0.05, 0) is 42.0 Å². The largest absolute Gasteiger partial charge is 0.356 e. The molecule has 2 aromatic heterocycles. The van der Waals surface area contributed by atoms with Gasteiger partial charge in [-0.15, -0.1) is 0 Å². The summed E-state index contributed by atoms with van der Waals surface area (Å²) in [6, 6.07) is 20.3. The Morgan fingerprint density at radius 1 is 1.00 bits per heavy atom. The highest BCUT2D eigenvalue weighted by atomic mass is 32.1. The minimum atomic E-state index is 0.0457. The molecular formula is C25H24N4OS. The molecule has 156 valence electrons. The number of aromatic nitrogens is 2. The zero-order valence-electron chi connectivity index (χ0n) is 17.2. The van der Waals surface area contributed by atoms with Crippen molar-refractivity contribution in [2.45, 2.75) is 19.4 Å². The van der Waals surface area contributed by atoms with Crippen molar-refractivity contribution in [3.63, 3.8) is 0 Å². The van der Waals surface area contributed by atoms with Gasteiger partial charge in [-0.3, -0.25) is 4.79 Å². The van der Waals surface area contributed by atoms with Gasteiger partial charge in [0.15, 0.2) is 5.82 Å². The number of carbonyl (C=O) groups excluding carboxylic acids is 1. The molecule has 2 aromatic carbocycles. The number of anilines is 1. The third kappa shape index (κ3) is 4.30.